The van der Waals surface area contributed by atoms with Crippen molar-refractivity contribution in [2.75, 3.05) is 33.0 Å². The maximum atomic E-state index is 12.5. The lowest BCUT2D eigenvalue weighted by atomic mass is 10.1. The third kappa shape index (κ3) is 5.05. The summed E-state index contributed by atoms with van der Waals surface area (Å²) in [6.07, 6.45) is -0.375. The monoisotopic (exact) mass is 419 g/mol. The van der Waals surface area contributed by atoms with Crippen LogP contribution in [-0.2, 0) is 14.2 Å². The topological polar surface area (TPSA) is 87.4 Å². The zero-order chi connectivity index (χ0) is 21.9. The Bertz CT molecular complexity index is 912. The predicted octanol–water partition coefficient (Wildman–Crippen LogP) is 3.93. The van der Waals surface area contributed by atoms with Crippen LogP contribution in [0.5, 0.6) is 5.75 Å². The van der Waals surface area contributed by atoms with Gasteiger partial charge in [-0.15, -0.1) is 0 Å². The highest BCUT2D eigenvalue weighted by Gasteiger charge is 2.31. The van der Waals surface area contributed by atoms with Crippen LogP contribution in [0.4, 0.5) is 4.79 Å². The van der Waals surface area contributed by atoms with E-state index in [1.54, 1.807) is 30.9 Å². The molecular formula is C22H29NO7. The molecule has 0 bridgehead atoms. The number of fused-ring (bicyclic) bond motifs is 1. The molecule has 1 aliphatic rings. The van der Waals surface area contributed by atoms with Gasteiger partial charge < -0.3 is 23.4 Å². The van der Waals surface area contributed by atoms with E-state index in [0.717, 1.165) is 5.39 Å². The number of nitrogens with zero attached hydrogens (tertiary/aromatic N) is 1. The van der Waals surface area contributed by atoms with Crippen molar-refractivity contribution >= 4 is 23.0 Å². The van der Waals surface area contributed by atoms with E-state index in [1.165, 1.54) is 0 Å². The summed E-state index contributed by atoms with van der Waals surface area (Å²) in [6, 6.07) is 5.08. The van der Waals surface area contributed by atoms with E-state index in [0.29, 0.717) is 36.7 Å². The summed E-state index contributed by atoms with van der Waals surface area (Å²) in [5, 5.41) is 0.777. The second kappa shape index (κ2) is 8.95. The first-order valence-corrected chi connectivity index (χ1v) is 10.1. The number of hydrogen-bond acceptors (Lipinski definition) is 7. The number of carbonyl (C=O) groups excluding carboxylic acids is 2. The van der Waals surface area contributed by atoms with E-state index in [-0.39, 0.29) is 31.1 Å². The molecule has 1 aliphatic heterocycles. The molecule has 164 valence electrons. The summed E-state index contributed by atoms with van der Waals surface area (Å²) in [6.45, 7) is 10.9. The quantitative estimate of drug-likeness (QED) is 0.679. The fourth-order valence-electron chi connectivity index (χ4n) is 3.23. The highest BCUT2D eigenvalue weighted by Crippen LogP contribution is 2.29. The lowest BCUT2D eigenvalue weighted by Crippen LogP contribution is -2.52. The fourth-order valence-corrected chi connectivity index (χ4v) is 3.23. The first-order valence-electron chi connectivity index (χ1n) is 10.1. The van der Waals surface area contributed by atoms with Crippen LogP contribution in [0.15, 0.2) is 22.6 Å². The maximum Gasteiger partial charge on any atom is 0.410 e. The standard InChI is InChI=1S/C22H29NO7/c1-6-27-20(24)19-14(2)17-11-16(7-8-18(17)29-19)28-13-15-12-26-10-9-23(15)21(25)30-22(3,4)5/h7-8,11,15H,6,9-10,12-13H2,1-5H3. The first-order chi connectivity index (χ1) is 14.2. The average molecular weight is 419 g/mol. The van der Waals surface area contributed by atoms with Gasteiger partial charge in [0.1, 0.15) is 23.5 Å². The van der Waals surface area contributed by atoms with Crippen LogP contribution in [0.3, 0.4) is 0 Å². The summed E-state index contributed by atoms with van der Waals surface area (Å²) < 4.78 is 27.6. The zero-order valence-corrected chi connectivity index (χ0v) is 18.1. The highest BCUT2D eigenvalue weighted by molar-refractivity contribution is 5.96. The molecule has 0 saturated carbocycles. The minimum Gasteiger partial charge on any atom is -0.491 e. The molecule has 0 radical (unpaired) electrons. The van der Waals surface area contributed by atoms with E-state index in [2.05, 4.69) is 0 Å². The van der Waals surface area contributed by atoms with Crippen LogP contribution >= 0.6 is 0 Å². The second-order valence-electron chi connectivity index (χ2n) is 8.15. The summed E-state index contributed by atoms with van der Waals surface area (Å²) in [4.78, 5) is 26.2. The normalized spacial score (nSPS) is 17.1. The van der Waals surface area contributed by atoms with Crippen LogP contribution in [-0.4, -0.2) is 61.6 Å². The number of amides is 1. The van der Waals surface area contributed by atoms with E-state index in [1.807, 2.05) is 26.8 Å². The number of carbonyl (C=O) groups is 2. The van der Waals surface area contributed by atoms with Crippen LogP contribution in [0.2, 0.25) is 0 Å². The van der Waals surface area contributed by atoms with Gasteiger partial charge in [-0.05, 0) is 52.8 Å². The smallest absolute Gasteiger partial charge is 0.410 e. The zero-order valence-electron chi connectivity index (χ0n) is 18.1. The van der Waals surface area contributed by atoms with E-state index in [9.17, 15) is 9.59 Å². The molecule has 8 heteroatoms. The van der Waals surface area contributed by atoms with Crippen molar-refractivity contribution in [1.29, 1.82) is 0 Å². The van der Waals surface area contributed by atoms with Gasteiger partial charge in [0.25, 0.3) is 0 Å². The Morgan fingerprint density at radius 2 is 2.03 bits per heavy atom. The van der Waals surface area contributed by atoms with Crippen molar-refractivity contribution in [3.05, 3.63) is 29.5 Å². The number of benzene rings is 1. The van der Waals surface area contributed by atoms with Gasteiger partial charge >= 0.3 is 12.1 Å². The van der Waals surface area contributed by atoms with Crippen molar-refractivity contribution in [3.8, 4) is 5.75 Å². The van der Waals surface area contributed by atoms with Crippen molar-refractivity contribution in [3.63, 3.8) is 0 Å². The Balaban J connectivity index is 1.71. The third-order valence-electron chi connectivity index (χ3n) is 4.67. The summed E-state index contributed by atoms with van der Waals surface area (Å²) in [7, 11) is 0. The second-order valence-corrected chi connectivity index (χ2v) is 8.15. The first kappa shape index (κ1) is 22.0. The molecule has 0 aliphatic carbocycles. The van der Waals surface area contributed by atoms with Crippen LogP contribution in [0, 0.1) is 6.92 Å². The Morgan fingerprint density at radius 3 is 2.73 bits per heavy atom. The van der Waals surface area contributed by atoms with Gasteiger partial charge in [0.15, 0.2) is 0 Å². The Hall–Kier alpha value is -2.74. The van der Waals surface area contributed by atoms with Gasteiger partial charge in [-0.3, -0.25) is 4.90 Å². The SMILES string of the molecule is CCOC(=O)c1oc2ccc(OCC3COCCN3C(=O)OC(C)(C)C)cc2c1C. The van der Waals surface area contributed by atoms with Gasteiger partial charge in [0.2, 0.25) is 5.76 Å². The van der Waals surface area contributed by atoms with Crippen LogP contribution in [0.1, 0.15) is 43.8 Å². The molecule has 3 rings (SSSR count). The molecule has 2 heterocycles. The largest absolute Gasteiger partial charge is 0.491 e. The molecule has 30 heavy (non-hydrogen) atoms. The minimum atomic E-state index is -0.568. The van der Waals surface area contributed by atoms with Crippen molar-refractivity contribution < 1.29 is 33.0 Å². The highest BCUT2D eigenvalue weighted by atomic mass is 16.6. The average Bonchev–Trinajstić information content (AvgIpc) is 3.02. The van der Waals surface area contributed by atoms with E-state index < -0.39 is 11.6 Å². The number of aryl methyl sites for hydroxylation is 1. The molecule has 2 aromatic rings. The molecule has 1 saturated heterocycles. The van der Waals surface area contributed by atoms with Gasteiger partial charge in [0, 0.05) is 17.5 Å². The Morgan fingerprint density at radius 1 is 1.27 bits per heavy atom. The molecule has 1 unspecified atom stereocenters. The number of morpholine rings is 1. The predicted molar refractivity (Wildman–Crippen MR) is 110 cm³/mol. The summed E-state index contributed by atoms with van der Waals surface area (Å²) in [5.41, 5.74) is 0.714. The van der Waals surface area contributed by atoms with Crippen LogP contribution < -0.4 is 4.74 Å². The number of esters is 1. The molecular weight excluding hydrogens is 390 g/mol. The number of furan rings is 1. The van der Waals surface area contributed by atoms with Crippen LogP contribution in [0.25, 0.3) is 11.0 Å². The molecule has 0 N–H and O–H groups in total. The van der Waals surface area contributed by atoms with Gasteiger partial charge in [0.05, 0.1) is 25.9 Å². The molecule has 1 aromatic heterocycles. The molecule has 8 nitrogen and oxygen atoms in total. The molecule has 0 spiro atoms. The lowest BCUT2D eigenvalue weighted by Gasteiger charge is -2.36. The maximum absolute atomic E-state index is 12.5. The summed E-state index contributed by atoms with van der Waals surface area (Å²) in [5.74, 6) is 0.318. The third-order valence-corrected chi connectivity index (χ3v) is 4.67. The van der Waals surface area contributed by atoms with Gasteiger partial charge in [-0.2, -0.15) is 0 Å². The molecule has 1 aromatic carbocycles. The number of rotatable bonds is 5. The Kier molecular flexibility index (Phi) is 6.55. The summed E-state index contributed by atoms with van der Waals surface area (Å²) >= 11 is 0. The number of hydrogen-bond donors (Lipinski definition) is 0. The molecule has 1 fully saturated rings. The fraction of sp³-hybridized carbons (Fsp3) is 0.545. The van der Waals surface area contributed by atoms with Gasteiger partial charge in [-0.1, -0.05) is 0 Å². The van der Waals surface area contributed by atoms with E-state index >= 15 is 0 Å². The van der Waals surface area contributed by atoms with E-state index in [4.69, 9.17) is 23.4 Å². The van der Waals surface area contributed by atoms with Crippen molar-refractivity contribution in [2.45, 2.75) is 46.3 Å². The molecule has 1 atom stereocenters. The lowest BCUT2D eigenvalue weighted by molar-refractivity contribution is -0.0418. The van der Waals surface area contributed by atoms with Crippen molar-refractivity contribution in [2.24, 2.45) is 0 Å². The minimum absolute atomic E-state index is 0.195. The Labute approximate surface area is 176 Å². The number of ether oxygens (including phenoxy) is 4. The van der Waals surface area contributed by atoms with Gasteiger partial charge in [-0.25, -0.2) is 9.59 Å². The van der Waals surface area contributed by atoms with Crippen molar-refractivity contribution in [1.82, 2.24) is 4.90 Å². The molecule has 1 amide bonds.